The highest BCUT2D eigenvalue weighted by Gasteiger charge is 2.07. The molecule has 0 fully saturated rings. The van der Waals surface area contributed by atoms with Crippen LogP contribution in [0.25, 0.3) is 0 Å². The number of aromatic hydroxyl groups is 2. The number of benzene rings is 1. The molecule has 4 nitrogen and oxygen atoms in total. The SMILES string of the molecule is CC(CCS(C)=O)NCc1cccc(O)c1O. The summed E-state index contributed by atoms with van der Waals surface area (Å²) in [5.74, 6) is 0.484. The summed E-state index contributed by atoms with van der Waals surface area (Å²) in [6.07, 6.45) is 2.51. The predicted molar refractivity (Wildman–Crippen MR) is 69.6 cm³/mol. The van der Waals surface area contributed by atoms with Gasteiger partial charge in [0.2, 0.25) is 0 Å². The van der Waals surface area contributed by atoms with E-state index in [1.54, 1.807) is 18.4 Å². The first kappa shape index (κ1) is 14.0. The van der Waals surface area contributed by atoms with Crippen molar-refractivity contribution in [1.29, 1.82) is 0 Å². The van der Waals surface area contributed by atoms with Gasteiger partial charge >= 0.3 is 0 Å². The van der Waals surface area contributed by atoms with E-state index in [0.29, 0.717) is 17.9 Å². The van der Waals surface area contributed by atoms with E-state index in [-0.39, 0.29) is 17.5 Å². The molecular weight excluding hydrogens is 238 g/mol. The summed E-state index contributed by atoms with van der Waals surface area (Å²) in [5.41, 5.74) is 0.662. The fourth-order valence-corrected chi connectivity index (χ4v) is 2.13. The second-order valence-corrected chi connectivity index (χ2v) is 5.69. The molecule has 1 aromatic carbocycles. The Morgan fingerprint density at radius 3 is 2.76 bits per heavy atom. The molecule has 0 aliphatic heterocycles. The monoisotopic (exact) mass is 257 g/mol. The molecule has 2 atom stereocenters. The van der Waals surface area contributed by atoms with Gasteiger partial charge in [-0.3, -0.25) is 4.21 Å². The second kappa shape index (κ2) is 6.61. The van der Waals surface area contributed by atoms with Crippen molar-refractivity contribution in [2.24, 2.45) is 0 Å². The van der Waals surface area contributed by atoms with Gasteiger partial charge in [0.15, 0.2) is 11.5 Å². The minimum absolute atomic E-state index is 0.0775. The third-order valence-electron chi connectivity index (χ3n) is 2.58. The molecule has 17 heavy (non-hydrogen) atoms. The average molecular weight is 257 g/mol. The molecule has 0 aromatic heterocycles. The summed E-state index contributed by atoms with van der Waals surface area (Å²) < 4.78 is 10.9. The van der Waals surface area contributed by atoms with Crippen LogP contribution in [-0.4, -0.2) is 32.5 Å². The number of rotatable bonds is 6. The number of para-hydroxylation sites is 1. The van der Waals surface area contributed by atoms with Crippen molar-refractivity contribution in [1.82, 2.24) is 5.32 Å². The molecule has 0 heterocycles. The van der Waals surface area contributed by atoms with E-state index in [1.807, 2.05) is 6.92 Å². The fourth-order valence-electron chi connectivity index (χ4n) is 1.45. The third kappa shape index (κ3) is 4.75. The maximum Gasteiger partial charge on any atom is 0.161 e. The molecule has 0 radical (unpaired) electrons. The largest absolute Gasteiger partial charge is 0.504 e. The first-order chi connectivity index (χ1) is 8.00. The highest BCUT2D eigenvalue weighted by molar-refractivity contribution is 7.84. The van der Waals surface area contributed by atoms with Crippen molar-refractivity contribution >= 4 is 10.8 Å². The van der Waals surface area contributed by atoms with Crippen LogP contribution >= 0.6 is 0 Å². The number of phenolic OH excluding ortho intramolecular Hbond substituents is 2. The minimum atomic E-state index is -0.772. The molecule has 1 rings (SSSR count). The summed E-state index contributed by atoms with van der Waals surface area (Å²) in [7, 11) is -0.772. The highest BCUT2D eigenvalue weighted by atomic mass is 32.2. The van der Waals surface area contributed by atoms with Gasteiger partial charge in [0.25, 0.3) is 0 Å². The topological polar surface area (TPSA) is 69.6 Å². The zero-order chi connectivity index (χ0) is 12.8. The summed E-state index contributed by atoms with van der Waals surface area (Å²) in [4.78, 5) is 0. The van der Waals surface area contributed by atoms with Gasteiger partial charge in [-0.15, -0.1) is 0 Å². The Labute approximate surface area is 104 Å². The van der Waals surface area contributed by atoms with Crippen LogP contribution in [0.1, 0.15) is 18.9 Å². The third-order valence-corrected chi connectivity index (χ3v) is 3.39. The lowest BCUT2D eigenvalue weighted by atomic mass is 10.1. The highest BCUT2D eigenvalue weighted by Crippen LogP contribution is 2.27. The maximum atomic E-state index is 10.9. The van der Waals surface area contributed by atoms with E-state index in [4.69, 9.17) is 0 Å². The lowest BCUT2D eigenvalue weighted by Gasteiger charge is -2.14. The molecule has 0 aliphatic rings. The Morgan fingerprint density at radius 2 is 2.12 bits per heavy atom. The standard InChI is InChI=1S/C12H19NO3S/c1-9(6-7-17(2)16)13-8-10-4-3-5-11(14)12(10)15/h3-5,9,13-15H,6-8H2,1-2H3. The molecule has 96 valence electrons. The normalized spacial score (nSPS) is 14.5. The van der Waals surface area contributed by atoms with Crippen LogP contribution in [0.2, 0.25) is 0 Å². The van der Waals surface area contributed by atoms with Crippen LogP contribution in [-0.2, 0) is 17.3 Å². The van der Waals surface area contributed by atoms with Gasteiger partial charge in [-0.25, -0.2) is 0 Å². The molecule has 0 amide bonds. The number of hydrogen-bond donors (Lipinski definition) is 3. The van der Waals surface area contributed by atoms with Crippen LogP contribution in [0.3, 0.4) is 0 Å². The predicted octanol–water partition coefficient (Wildman–Crippen LogP) is 1.34. The van der Waals surface area contributed by atoms with E-state index >= 15 is 0 Å². The van der Waals surface area contributed by atoms with Crippen molar-refractivity contribution < 1.29 is 14.4 Å². The smallest absolute Gasteiger partial charge is 0.161 e. The van der Waals surface area contributed by atoms with Gasteiger partial charge in [0, 0.05) is 41.0 Å². The van der Waals surface area contributed by atoms with Gasteiger partial charge < -0.3 is 15.5 Å². The Kier molecular flexibility index (Phi) is 5.44. The molecule has 0 saturated heterocycles. The van der Waals surface area contributed by atoms with Crippen molar-refractivity contribution in [2.45, 2.75) is 25.9 Å². The molecular formula is C12H19NO3S. The van der Waals surface area contributed by atoms with Crippen molar-refractivity contribution in [3.63, 3.8) is 0 Å². The zero-order valence-corrected chi connectivity index (χ0v) is 11.0. The lowest BCUT2D eigenvalue weighted by molar-refractivity contribution is 0.396. The Bertz CT molecular complexity index is 395. The van der Waals surface area contributed by atoms with Gasteiger partial charge in [0.05, 0.1) is 0 Å². The lowest BCUT2D eigenvalue weighted by Crippen LogP contribution is -2.27. The van der Waals surface area contributed by atoms with Gasteiger partial charge in [-0.1, -0.05) is 12.1 Å². The molecule has 3 N–H and O–H groups in total. The summed E-state index contributed by atoms with van der Waals surface area (Å²) >= 11 is 0. The van der Waals surface area contributed by atoms with E-state index < -0.39 is 10.8 Å². The molecule has 0 aliphatic carbocycles. The van der Waals surface area contributed by atoms with Crippen LogP contribution in [0.5, 0.6) is 11.5 Å². The molecule has 5 heteroatoms. The van der Waals surface area contributed by atoms with Gasteiger partial charge in [0.1, 0.15) is 0 Å². The zero-order valence-electron chi connectivity index (χ0n) is 10.1. The molecule has 1 aromatic rings. The minimum Gasteiger partial charge on any atom is -0.504 e. The van der Waals surface area contributed by atoms with Crippen molar-refractivity contribution in [3.05, 3.63) is 23.8 Å². The van der Waals surface area contributed by atoms with Crippen LogP contribution < -0.4 is 5.32 Å². The fraction of sp³-hybridized carbons (Fsp3) is 0.500. The summed E-state index contributed by atoms with van der Waals surface area (Å²) in [6.45, 7) is 2.49. The molecule has 2 unspecified atom stereocenters. The van der Waals surface area contributed by atoms with Crippen molar-refractivity contribution in [2.75, 3.05) is 12.0 Å². The average Bonchev–Trinajstić information content (AvgIpc) is 2.28. The first-order valence-electron chi connectivity index (χ1n) is 5.54. The first-order valence-corrected chi connectivity index (χ1v) is 7.26. The Hall–Kier alpha value is -1.07. The summed E-state index contributed by atoms with van der Waals surface area (Å²) in [5, 5.41) is 22.1. The number of nitrogens with one attached hydrogen (secondary N) is 1. The van der Waals surface area contributed by atoms with E-state index in [0.717, 1.165) is 6.42 Å². The van der Waals surface area contributed by atoms with Crippen LogP contribution in [0.4, 0.5) is 0 Å². The molecule has 0 spiro atoms. The van der Waals surface area contributed by atoms with Gasteiger partial charge in [-0.05, 0) is 19.4 Å². The molecule has 0 saturated carbocycles. The Balaban J connectivity index is 2.44. The van der Waals surface area contributed by atoms with Gasteiger partial charge in [-0.2, -0.15) is 0 Å². The quantitative estimate of drug-likeness (QED) is 0.673. The maximum absolute atomic E-state index is 10.9. The van der Waals surface area contributed by atoms with E-state index in [1.165, 1.54) is 6.07 Å². The number of phenols is 2. The van der Waals surface area contributed by atoms with E-state index in [2.05, 4.69) is 5.32 Å². The second-order valence-electron chi connectivity index (χ2n) is 4.13. The molecule has 0 bridgehead atoms. The summed E-state index contributed by atoms with van der Waals surface area (Å²) in [6, 6.07) is 5.12. The Morgan fingerprint density at radius 1 is 1.41 bits per heavy atom. The number of hydrogen-bond acceptors (Lipinski definition) is 4. The van der Waals surface area contributed by atoms with E-state index in [9.17, 15) is 14.4 Å². The van der Waals surface area contributed by atoms with Crippen molar-refractivity contribution in [3.8, 4) is 11.5 Å². The van der Waals surface area contributed by atoms with Crippen LogP contribution in [0.15, 0.2) is 18.2 Å². The van der Waals surface area contributed by atoms with Crippen LogP contribution in [0, 0.1) is 0 Å².